The molecule has 1 aromatic carbocycles. The Morgan fingerprint density at radius 1 is 1.07 bits per heavy atom. The minimum atomic E-state index is -0.362. The fraction of sp³-hybridized carbons (Fsp3) is 0.478. The zero-order valence-corrected chi connectivity index (χ0v) is 18.1. The Morgan fingerprint density at radius 2 is 1.87 bits per heavy atom. The third-order valence-electron chi connectivity index (χ3n) is 6.09. The summed E-state index contributed by atoms with van der Waals surface area (Å²) in [6.07, 6.45) is 2.66. The summed E-state index contributed by atoms with van der Waals surface area (Å²) in [5, 5.41) is 1.90. The van der Waals surface area contributed by atoms with E-state index in [1.165, 1.54) is 23.5 Å². The van der Waals surface area contributed by atoms with Crippen LogP contribution in [0.5, 0.6) is 0 Å². The molecule has 0 spiro atoms. The van der Waals surface area contributed by atoms with Gasteiger partial charge in [-0.1, -0.05) is 18.2 Å². The number of hydrogen-bond acceptors (Lipinski definition) is 4. The lowest BCUT2D eigenvalue weighted by Gasteiger charge is -2.44. The maximum Gasteiger partial charge on any atom is 0.264 e. The van der Waals surface area contributed by atoms with Crippen LogP contribution in [0.4, 0.5) is 4.39 Å². The molecule has 2 aliphatic heterocycles. The fourth-order valence-corrected chi connectivity index (χ4v) is 5.20. The number of carbonyl (C=O) groups excluding carboxylic acids is 2. The molecule has 0 aliphatic carbocycles. The Morgan fingerprint density at radius 3 is 2.57 bits per heavy atom. The number of piperazine rings is 1. The molecule has 160 valence electrons. The highest BCUT2D eigenvalue weighted by Gasteiger charge is 2.38. The first-order valence-electron chi connectivity index (χ1n) is 10.6. The van der Waals surface area contributed by atoms with Gasteiger partial charge in [-0.3, -0.25) is 14.5 Å². The fourth-order valence-electron chi connectivity index (χ4n) is 4.52. The molecular formula is C23H28FN3O2S. The first-order valence-corrected chi connectivity index (χ1v) is 11.5. The van der Waals surface area contributed by atoms with Crippen LogP contribution in [0.2, 0.25) is 0 Å². The van der Waals surface area contributed by atoms with Crippen molar-refractivity contribution < 1.29 is 14.0 Å². The van der Waals surface area contributed by atoms with Crippen molar-refractivity contribution in [1.82, 2.24) is 14.7 Å². The molecule has 7 heteroatoms. The maximum atomic E-state index is 13.4. The largest absolute Gasteiger partial charge is 0.336 e. The van der Waals surface area contributed by atoms with Gasteiger partial charge in [0.05, 0.1) is 4.88 Å². The topological polar surface area (TPSA) is 43.9 Å². The molecule has 2 unspecified atom stereocenters. The minimum Gasteiger partial charge on any atom is -0.336 e. The van der Waals surface area contributed by atoms with Gasteiger partial charge in [-0.15, -0.1) is 11.3 Å². The quantitative estimate of drug-likeness (QED) is 0.746. The highest BCUT2D eigenvalue weighted by atomic mass is 32.1. The second kappa shape index (κ2) is 9.27. The molecule has 2 aliphatic rings. The predicted molar refractivity (Wildman–Crippen MR) is 116 cm³/mol. The van der Waals surface area contributed by atoms with Crippen molar-refractivity contribution in [2.45, 2.75) is 44.8 Å². The smallest absolute Gasteiger partial charge is 0.264 e. The van der Waals surface area contributed by atoms with E-state index in [4.69, 9.17) is 0 Å². The molecule has 4 rings (SSSR count). The van der Waals surface area contributed by atoms with Gasteiger partial charge in [-0.05, 0) is 55.3 Å². The molecule has 2 aromatic rings. The van der Waals surface area contributed by atoms with Crippen molar-refractivity contribution in [3.05, 3.63) is 58.0 Å². The van der Waals surface area contributed by atoms with Gasteiger partial charge in [0, 0.05) is 38.8 Å². The van der Waals surface area contributed by atoms with Crippen molar-refractivity contribution in [1.29, 1.82) is 0 Å². The van der Waals surface area contributed by atoms with E-state index in [-0.39, 0.29) is 29.7 Å². The van der Waals surface area contributed by atoms with Crippen molar-refractivity contribution in [3.8, 4) is 0 Å². The maximum absolute atomic E-state index is 13.4. The summed E-state index contributed by atoms with van der Waals surface area (Å²) >= 11 is 1.43. The van der Waals surface area contributed by atoms with E-state index in [1.807, 2.05) is 34.5 Å². The van der Waals surface area contributed by atoms with Crippen LogP contribution in [0, 0.1) is 5.82 Å². The van der Waals surface area contributed by atoms with Gasteiger partial charge in [0.2, 0.25) is 5.91 Å². The third kappa shape index (κ3) is 4.57. The predicted octanol–water partition coefficient (Wildman–Crippen LogP) is 3.61. The van der Waals surface area contributed by atoms with Crippen LogP contribution in [0.1, 0.15) is 41.4 Å². The average Bonchev–Trinajstić information content (AvgIpc) is 3.29. The minimum absolute atomic E-state index is 0.0225. The van der Waals surface area contributed by atoms with Crippen LogP contribution in [0.25, 0.3) is 0 Å². The first kappa shape index (κ1) is 21.0. The van der Waals surface area contributed by atoms with E-state index >= 15 is 0 Å². The molecule has 0 saturated carbocycles. The normalized spacial score (nSPS) is 22.9. The lowest BCUT2D eigenvalue weighted by Crippen LogP contribution is -2.60. The Balaban J connectivity index is 1.40. The summed E-state index contributed by atoms with van der Waals surface area (Å²) in [5.74, 6) is -0.171. The van der Waals surface area contributed by atoms with Gasteiger partial charge in [0.15, 0.2) is 0 Å². The number of rotatable bonds is 4. The average molecular weight is 430 g/mol. The summed E-state index contributed by atoms with van der Waals surface area (Å²) in [6, 6.07) is 10.0. The molecule has 5 nitrogen and oxygen atoms in total. The van der Waals surface area contributed by atoms with Crippen molar-refractivity contribution in [2.75, 3.05) is 26.2 Å². The summed E-state index contributed by atoms with van der Waals surface area (Å²) in [4.78, 5) is 33.1. The van der Waals surface area contributed by atoms with E-state index in [0.717, 1.165) is 44.5 Å². The molecule has 0 radical (unpaired) electrons. The van der Waals surface area contributed by atoms with Crippen molar-refractivity contribution in [2.24, 2.45) is 0 Å². The molecule has 0 bridgehead atoms. The van der Waals surface area contributed by atoms with Gasteiger partial charge in [0.1, 0.15) is 11.9 Å². The van der Waals surface area contributed by atoms with Crippen LogP contribution in [0.3, 0.4) is 0 Å². The Labute approximate surface area is 181 Å². The molecule has 0 N–H and O–H groups in total. The van der Waals surface area contributed by atoms with E-state index in [0.29, 0.717) is 18.0 Å². The number of hydrogen-bond donors (Lipinski definition) is 0. The summed E-state index contributed by atoms with van der Waals surface area (Å²) < 4.78 is 13.1. The number of carbonyl (C=O) groups is 2. The van der Waals surface area contributed by atoms with Gasteiger partial charge >= 0.3 is 0 Å². The summed E-state index contributed by atoms with van der Waals surface area (Å²) in [6.45, 7) is 5.67. The number of nitrogens with zero attached hydrogens (tertiary/aromatic N) is 3. The number of thiophene rings is 1. The SMILES string of the molecule is CC1CN(Cc2ccc(F)cc2)CCN1C(=O)C1CCCCN1C(=O)c1cccs1. The van der Waals surface area contributed by atoms with Crippen LogP contribution in [0.15, 0.2) is 41.8 Å². The Hall–Kier alpha value is -2.25. The highest BCUT2D eigenvalue weighted by molar-refractivity contribution is 7.12. The second-order valence-electron chi connectivity index (χ2n) is 8.23. The van der Waals surface area contributed by atoms with E-state index in [2.05, 4.69) is 11.8 Å². The number of amides is 2. The molecular weight excluding hydrogens is 401 g/mol. The van der Waals surface area contributed by atoms with Gasteiger partial charge in [0.25, 0.3) is 5.91 Å². The second-order valence-corrected chi connectivity index (χ2v) is 9.18. The monoisotopic (exact) mass is 429 g/mol. The van der Waals surface area contributed by atoms with Crippen molar-refractivity contribution >= 4 is 23.2 Å². The number of benzene rings is 1. The lowest BCUT2D eigenvalue weighted by molar-refractivity contribution is -0.141. The molecule has 2 atom stereocenters. The molecule has 2 fully saturated rings. The van der Waals surface area contributed by atoms with Gasteiger partial charge < -0.3 is 9.80 Å². The standard InChI is InChI=1S/C23H28FN3O2S/c1-17-15-25(16-18-7-9-19(24)10-8-18)12-13-26(17)22(28)20-5-2-3-11-27(20)23(29)21-6-4-14-30-21/h4,6-10,14,17,20H,2-3,5,11-13,15-16H2,1H3. The Kier molecular flexibility index (Phi) is 6.49. The summed E-state index contributed by atoms with van der Waals surface area (Å²) in [7, 11) is 0. The zero-order valence-electron chi connectivity index (χ0n) is 17.3. The molecule has 2 saturated heterocycles. The molecule has 30 heavy (non-hydrogen) atoms. The highest BCUT2D eigenvalue weighted by Crippen LogP contribution is 2.25. The van der Waals surface area contributed by atoms with E-state index in [9.17, 15) is 14.0 Å². The van der Waals surface area contributed by atoms with Gasteiger partial charge in [-0.25, -0.2) is 4.39 Å². The third-order valence-corrected chi connectivity index (χ3v) is 6.95. The van der Waals surface area contributed by atoms with Crippen LogP contribution >= 0.6 is 11.3 Å². The van der Waals surface area contributed by atoms with E-state index < -0.39 is 0 Å². The van der Waals surface area contributed by atoms with Gasteiger partial charge in [-0.2, -0.15) is 0 Å². The van der Waals surface area contributed by atoms with Crippen LogP contribution in [-0.2, 0) is 11.3 Å². The number of piperidine rings is 1. The molecule has 2 amide bonds. The first-order chi connectivity index (χ1) is 14.5. The van der Waals surface area contributed by atoms with Crippen molar-refractivity contribution in [3.63, 3.8) is 0 Å². The molecule has 3 heterocycles. The lowest BCUT2D eigenvalue weighted by atomic mass is 9.99. The Bertz CT molecular complexity index is 871. The number of halogens is 1. The van der Waals surface area contributed by atoms with E-state index in [1.54, 1.807) is 4.90 Å². The summed E-state index contributed by atoms with van der Waals surface area (Å²) in [5.41, 5.74) is 1.07. The van der Waals surface area contributed by atoms with Crippen LogP contribution in [-0.4, -0.2) is 64.8 Å². The van der Waals surface area contributed by atoms with Crippen LogP contribution < -0.4 is 0 Å². The number of likely N-dealkylation sites (tertiary alicyclic amines) is 1. The zero-order chi connectivity index (χ0) is 21.1. The molecule has 1 aromatic heterocycles.